The van der Waals surface area contributed by atoms with Crippen LogP contribution in [0, 0.1) is 5.92 Å². The Bertz CT molecular complexity index is 750. The van der Waals surface area contributed by atoms with Gasteiger partial charge in [-0.3, -0.25) is 4.90 Å². The van der Waals surface area contributed by atoms with E-state index in [2.05, 4.69) is 71.4 Å². The molecule has 4 rings (SSSR count). The van der Waals surface area contributed by atoms with Crippen molar-refractivity contribution in [2.45, 2.75) is 44.2 Å². The van der Waals surface area contributed by atoms with E-state index < -0.39 is 5.60 Å². The van der Waals surface area contributed by atoms with Gasteiger partial charge in [0, 0.05) is 38.9 Å². The number of aliphatic hydroxyl groups is 1. The first-order valence-corrected chi connectivity index (χ1v) is 11.0. The summed E-state index contributed by atoms with van der Waals surface area (Å²) in [6.07, 6.45) is 5.13. The van der Waals surface area contributed by atoms with Gasteiger partial charge in [0.05, 0.1) is 12.2 Å². The van der Waals surface area contributed by atoms with Gasteiger partial charge in [-0.2, -0.15) is 0 Å². The Morgan fingerprint density at radius 3 is 2.38 bits per heavy atom. The Morgan fingerprint density at radius 1 is 1.03 bits per heavy atom. The molecule has 1 aliphatic carbocycles. The van der Waals surface area contributed by atoms with Crippen LogP contribution >= 0.6 is 0 Å². The summed E-state index contributed by atoms with van der Waals surface area (Å²) < 4.78 is 5.83. The highest BCUT2D eigenvalue weighted by Gasteiger charge is 2.32. The average Bonchev–Trinajstić information content (AvgIpc) is 3.58. The van der Waals surface area contributed by atoms with Crippen molar-refractivity contribution in [1.82, 2.24) is 4.90 Å². The fourth-order valence-electron chi connectivity index (χ4n) is 4.02. The first kappa shape index (κ1) is 20.2. The molecule has 1 aliphatic heterocycles. The molecule has 0 spiro atoms. The Labute approximate surface area is 175 Å². The summed E-state index contributed by atoms with van der Waals surface area (Å²) in [4.78, 5) is 4.69. The highest BCUT2D eigenvalue weighted by atomic mass is 16.5. The second kappa shape index (κ2) is 9.19. The fourth-order valence-corrected chi connectivity index (χ4v) is 4.02. The monoisotopic (exact) mass is 394 g/mol. The molecule has 0 aromatic heterocycles. The molecule has 1 saturated heterocycles. The van der Waals surface area contributed by atoms with Crippen LogP contribution in [0.3, 0.4) is 0 Å². The molecule has 2 aliphatic rings. The average molecular weight is 395 g/mol. The second-order valence-electron chi connectivity index (χ2n) is 8.91. The molecule has 1 N–H and O–H groups in total. The van der Waals surface area contributed by atoms with E-state index in [0.29, 0.717) is 0 Å². The molecule has 0 radical (unpaired) electrons. The molecule has 29 heavy (non-hydrogen) atoms. The lowest BCUT2D eigenvalue weighted by atomic mass is 9.88. The Hall–Kier alpha value is -2.04. The quantitative estimate of drug-likeness (QED) is 0.687. The molecular formula is C25H34N2O2. The van der Waals surface area contributed by atoms with Gasteiger partial charge in [-0.05, 0) is 67.9 Å². The molecule has 0 bridgehead atoms. The predicted molar refractivity (Wildman–Crippen MR) is 118 cm³/mol. The maximum atomic E-state index is 11.0. The summed E-state index contributed by atoms with van der Waals surface area (Å²) in [5, 5.41) is 11.0. The van der Waals surface area contributed by atoms with E-state index >= 15 is 0 Å². The lowest BCUT2D eigenvalue weighted by Gasteiger charge is -2.39. The Kier molecular flexibility index (Phi) is 6.41. The summed E-state index contributed by atoms with van der Waals surface area (Å²) in [6.45, 7) is 4.61. The van der Waals surface area contributed by atoms with Crippen molar-refractivity contribution in [3.8, 4) is 5.75 Å². The molecule has 0 atom stereocenters. The van der Waals surface area contributed by atoms with E-state index in [1.165, 1.54) is 24.1 Å². The summed E-state index contributed by atoms with van der Waals surface area (Å²) in [5.74, 6) is 1.73. The Balaban J connectivity index is 1.21. The van der Waals surface area contributed by atoms with Gasteiger partial charge >= 0.3 is 0 Å². The van der Waals surface area contributed by atoms with Crippen molar-refractivity contribution >= 4 is 5.69 Å². The van der Waals surface area contributed by atoms with Gasteiger partial charge in [-0.1, -0.05) is 30.3 Å². The zero-order chi connectivity index (χ0) is 20.1. The van der Waals surface area contributed by atoms with E-state index in [-0.39, 0.29) is 0 Å². The molecule has 4 nitrogen and oxygen atoms in total. The fraction of sp³-hybridized carbons (Fsp3) is 0.520. The minimum atomic E-state index is -0.547. The molecule has 156 valence electrons. The first-order chi connectivity index (χ1) is 14.1. The topological polar surface area (TPSA) is 35.9 Å². The SMILES string of the molecule is CN(CCC1(O)CCN(Cc2ccccc2)CC1)c1ccc(OCC2CC2)cc1. The molecule has 2 fully saturated rings. The van der Waals surface area contributed by atoms with Crippen LogP contribution in [0.4, 0.5) is 5.69 Å². The third kappa shape index (κ3) is 5.97. The smallest absolute Gasteiger partial charge is 0.119 e. The number of likely N-dealkylation sites (tertiary alicyclic amines) is 1. The van der Waals surface area contributed by atoms with Crippen LogP contribution in [-0.2, 0) is 6.54 Å². The van der Waals surface area contributed by atoms with Crippen molar-refractivity contribution in [2.24, 2.45) is 5.92 Å². The van der Waals surface area contributed by atoms with E-state index in [4.69, 9.17) is 4.74 Å². The van der Waals surface area contributed by atoms with Crippen molar-refractivity contribution in [1.29, 1.82) is 0 Å². The molecule has 0 amide bonds. The largest absolute Gasteiger partial charge is 0.493 e. The minimum absolute atomic E-state index is 0.547. The van der Waals surface area contributed by atoms with Gasteiger partial charge in [0.1, 0.15) is 5.75 Å². The van der Waals surface area contributed by atoms with E-state index in [1.807, 2.05) is 0 Å². The van der Waals surface area contributed by atoms with Gasteiger partial charge < -0.3 is 14.7 Å². The summed E-state index contributed by atoms with van der Waals surface area (Å²) in [5.41, 5.74) is 1.98. The maximum Gasteiger partial charge on any atom is 0.119 e. The van der Waals surface area contributed by atoms with Crippen LogP contribution < -0.4 is 9.64 Å². The third-order valence-electron chi connectivity index (χ3n) is 6.41. The zero-order valence-electron chi connectivity index (χ0n) is 17.6. The van der Waals surface area contributed by atoms with Crippen LogP contribution in [0.2, 0.25) is 0 Å². The summed E-state index contributed by atoms with van der Waals surface area (Å²) in [7, 11) is 2.11. The highest BCUT2D eigenvalue weighted by Crippen LogP contribution is 2.30. The lowest BCUT2D eigenvalue weighted by Crippen LogP contribution is -2.45. The van der Waals surface area contributed by atoms with Crippen LogP contribution in [0.25, 0.3) is 0 Å². The number of hydrogen-bond acceptors (Lipinski definition) is 4. The van der Waals surface area contributed by atoms with Gasteiger partial charge in [-0.25, -0.2) is 0 Å². The first-order valence-electron chi connectivity index (χ1n) is 11.0. The van der Waals surface area contributed by atoms with Crippen molar-refractivity contribution < 1.29 is 9.84 Å². The second-order valence-corrected chi connectivity index (χ2v) is 8.91. The predicted octanol–water partition coefficient (Wildman–Crippen LogP) is 4.33. The normalized spacial score (nSPS) is 19.1. The molecule has 4 heteroatoms. The molecule has 0 unspecified atom stereocenters. The molecule has 1 saturated carbocycles. The number of benzene rings is 2. The van der Waals surface area contributed by atoms with Gasteiger partial charge in [0.2, 0.25) is 0 Å². The lowest BCUT2D eigenvalue weighted by molar-refractivity contribution is -0.0275. The Morgan fingerprint density at radius 2 is 1.72 bits per heavy atom. The molecular weight excluding hydrogens is 360 g/mol. The van der Waals surface area contributed by atoms with Crippen LogP contribution in [0.5, 0.6) is 5.75 Å². The maximum absolute atomic E-state index is 11.0. The number of ether oxygens (including phenoxy) is 1. The van der Waals surface area contributed by atoms with Gasteiger partial charge in [0.15, 0.2) is 0 Å². The minimum Gasteiger partial charge on any atom is -0.493 e. The summed E-state index contributed by atoms with van der Waals surface area (Å²) in [6, 6.07) is 19.0. The number of piperidine rings is 1. The molecule has 2 aromatic rings. The van der Waals surface area contributed by atoms with Crippen molar-refractivity contribution in [3.05, 3.63) is 60.2 Å². The van der Waals surface area contributed by atoms with Gasteiger partial charge in [0.25, 0.3) is 0 Å². The van der Waals surface area contributed by atoms with E-state index in [1.54, 1.807) is 0 Å². The number of nitrogens with zero attached hydrogens (tertiary/aromatic N) is 2. The summed E-state index contributed by atoms with van der Waals surface area (Å²) >= 11 is 0. The number of rotatable bonds is 9. The number of hydrogen-bond donors (Lipinski definition) is 1. The zero-order valence-corrected chi connectivity index (χ0v) is 17.6. The number of anilines is 1. The van der Waals surface area contributed by atoms with Crippen molar-refractivity contribution in [3.63, 3.8) is 0 Å². The van der Waals surface area contributed by atoms with Crippen LogP contribution in [0.1, 0.15) is 37.7 Å². The standard InChI is InChI=1S/C25H34N2O2/c1-26(23-9-11-24(12-10-23)29-20-22-7-8-22)16-13-25(28)14-17-27(18-15-25)19-21-5-3-2-4-6-21/h2-6,9-12,22,28H,7-8,13-20H2,1H3. The highest BCUT2D eigenvalue weighted by molar-refractivity contribution is 5.48. The third-order valence-corrected chi connectivity index (χ3v) is 6.41. The van der Waals surface area contributed by atoms with Crippen molar-refractivity contribution in [2.75, 3.05) is 38.2 Å². The van der Waals surface area contributed by atoms with E-state index in [0.717, 1.165) is 63.7 Å². The van der Waals surface area contributed by atoms with Crippen LogP contribution in [0.15, 0.2) is 54.6 Å². The van der Waals surface area contributed by atoms with Gasteiger partial charge in [-0.15, -0.1) is 0 Å². The van der Waals surface area contributed by atoms with E-state index in [9.17, 15) is 5.11 Å². The molecule has 2 aromatic carbocycles. The molecule has 1 heterocycles. The van der Waals surface area contributed by atoms with Crippen LogP contribution in [-0.4, -0.2) is 48.9 Å².